The molecule has 1 aromatic heterocycles. The topological polar surface area (TPSA) is 79.7 Å². The van der Waals surface area contributed by atoms with Crippen molar-refractivity contribution < 1.29 is 19.4 Å². The molecule has 2 heterocycles. The second kappa shape index (κ2) is 8.80. The van der Waals surface area contributed by atoms with Gasteiger partial charge in [0, 0.05) is 24.9 Å². The summed E-state index contributed by atoms with van der Waals surface area (Å²) in [6.07, 6.45) is 2.64. The van der Waals surface area contributed by atoms with Crippen molar-refractivity contribution in [3.63, 3.8) is 0 Å². The number of carboxylic acid groups (broad SMARTS) is 1. The van der Waals surface area contributed by atoms with Crippen LogP contribution in [0.1, 0.15) is 41.7 Å². The van der Waals surface area contributed by atoms with E-state index in [1.807, 2.05) is 22.4 Å². The number of para-hydroxylation sites is 1. The van der Waals surface area contributed by atoms with Gasteiger partial charge in [0.25, 0.3) is 5.91 Å². The van der Waals surface area contributed by atoms with Crippen molar-refractivity contribution >= 4 is 23.2 Å². The van der Waals surface area contributed by atoms with E-state index in [-0.39, 0.29) is 18.2 Å². The number of amides is 1. The molecule has 7 heteroatoms. The summed E-state index contributed by atoms with van der Waals surface area (Å²) < 4.78 is 5.82. The van der Waals surface area contributed by atoms with Crippen molar-refractivity contribution in [1.82, 2.24) is 9.88 Å². The lowest BCUT2D eigenvalue weighted by molar-refractivity contribution is -0.137. The second-order valence-electron chi connectivity index (χ2n) is 6.46. The third-order valence-electron chi connectivity index (χ3n) is 4.55. The Hall–Kier alpha value is -2.41. The van der Waals surface area contributed by atoms with E-state index in [0.717, 1.165) is 18.5 Å². The fourth-order valence-corrected chi connectivity index (χ4v) is 3.76. The first-order valence-electron chi connectivity index (χ1n) is 8.73. The SMILES string of the molecule is O=C(O)CC[C@H]1CCCN(C(=O)c2ccccc2OCc2cscn2)C1. The lowest BCUT2D eigenvalue weighted by Gasteiger charge is -2.33. The van der Waals surface area contributed by atoms with Crippen molar-refractivity contribution in [3.8, 4) is 5.75 Å². The highest BCUT2D eigenvalue weighted by atomic mass is 32.1. The normalized spacial score (nSPS) is 17.1. The molecule has 3 rings (SSSR count). The van der Waals surface area contributed by atoms with Crippen LogP contribution < -0.4 is 4.74 Å². The van der Waals surface area contributed by atoms with Gasteiger partial charge in [-0.15, -0.1) is 11.3 Å². The standard InChI is InChI=1S/C19H22N2O4S/c22-18(23)8-7-14-4-3-9-21(10-14)19(24)16-5-1-2-6-17(16)25-11-15-12-26-13-20-15/h1-2,5-6,12-14H,3-4,7-11H2,(H,22,23)/t14-/m1/s1. The molecule has 0 spiro atoms. The number of aliphatic carboxylic acids is 1. The van der Waals surface area contributed by atoms with Crippen LogP contribution in [0.4, 0.5) is 0 Å². The monoisotopic (exact) mass is 374 g/mol. The fourth-order valence-electron chi connectivity index (χ4n) is 3.21. The van der Waals surface area contributed by atoms with Crippen molar-refractivity contribution in [2.45, 2.75) is 32.3 Å². The Morgan fingerprint density at radius 1 is 1.35 bits per heavy atom. The van der Waals surface area contributed by atoms with Gasteiger partial charge < -0.3 is 14.7 Å². The minimum absolute atomic E-state index is 0.0566. The Bertz CT molecular complexity index is 748. The van der Waals surface area contributed by atoms with Crippen LogP contribution in [0.2, 0.25) is 0 Å². The summed E-state index contributed by atoms with van der Waals surface area (Å²) in [4.78, 5) is 29.8. The summed E-state index contributed by atoms with van der Waals surface area (Å²) in [7, 11) is 0. The molecule has 1 aromatic carbocycles. The first-order chi connectivity index (χ1) is 12.6. The smallest absolute Gasteiger partial charge is 0.303 e. The molecular weight excluding hydrogens is 352 g/mol. The number of benzene rings is 1. The quantitative estimate of drug-likeness (QED) is 0.803. The third kappa shape index (κ3) is 4.82. The van der Waals surface area contributed by atoms with Crippen molar-refractivity contribution in [2.75, 3.05) is 13.1 Å². The fraction of sp³-hybridized carbons (Fsp3) is 0.421. The van der Waals surface area contributed by atoms with Gasteiger partial charge in [-0.25, -0.2) is 4.98 Å². The molecule has 0 unspecified atom stereocenters. The lowest BCUT2D eigenvalue weighted by Crippen LogP contribution is -2.40. The van der Waals surface area contributed by atoms with E-state index in [4.69, 9.17) is 9.84 Å². The number of hydrogen-bond acceptors (Lipinski definition) is 5. The largest absolute Gasteiger partial charge is 0.486 e. The zero-order chi connectivity index (χ0) is 18.4. The molecule has 1 fully saturated rings. The Morgan fingerprint density at radius 3 is 2.96 bits per heavy atom. The molecule has 2 aromatic rings. The predicted molar refractivity (Wildman–Crippen MR) is 98.4 cm³/mol. The molecular formula is C19H22N2O4S. The van der Waals surface area contributed by atoms with Crippen molar-refractivity contribution in [2.24, 2.45) is 5.92 Å². The Labute approximate surface area is 156 Å². The highest BCUT2D eigenvalue weighted by Crippen LogP contribution is 2.26. The Balaban J connectivity index is 1.66. The molecule has 1 saturated heterocycles. The number of ether oxygens (including phenoxy) is 1. The first-order valence-corrected chi connectivity index (χ1v) is 9.67. The summed E-state index contributed by atoms with van der Waals surface area (Å²) in [6.45, 7) is 1.63. The van der Waals surface area contributed by atoms with Crippen molar-refractivity contribution in [1.29, 1.82) is 0 Å². The minimum Gasteiger partial charge on any atom is -0.486 e. The van der Waals surface area contributed by atoms with Crippen LogP contribution in [0.3, 0.4) is 0 Å². The van der Waals surface area contributed by atoms with Gasteiger partial charge in [-0.2, -0.15) is 0 Å². The van der Waals surface area contributed by atoms with E-state index >= 15 is 0 Å². The van der Waals surface area contributed by atoms with Crippen LogP contribution in [-0.4, -0.2) is 40.0 Å². The average Bonchev–Trinajstić information content (AvgIpc) is 3.18. The van der Waals surface area contributed by atoms with Crippen LogP contribution in [0.15, 0.2) is 35.2 Å². The van der Waals surface area contributed by atoms with Gasteiger partial charge in [-0.3, -0.25) is 9.59 Å². The van der Waals surface area contributed by atoms with Crippen LogP contribution in [0, 0.1) is 5.92 Å². The molecule has 0 bridgehead atoms. The number of carboxylic acids is 1. The summed E-state index contributed by atoms with van der Waals surface area (Å²) in [5, 5.41) is 10.8. The molecule has 1 aliphatic heterocycles. The number of carbonyl (C=O) groups excluding carboxylic acids is 1. The zero-order valence-electron chi connectivity index (χ0n) is 14.5. The van der Waals surface area contributed by atoms with Gasteiger partial charge in [-0.1, -0.05) is 12.1 Å². The zero-order valence-corrected chi connectivity index (χ0v) is 15.3. The number of aromatic nitrogens is 1. The molecule has 0 saturated carbocycles. The Kier molecular flexibility index (Phi) is 6.22. The summed E-state index contributed by atoms with van der Waals surface area (Å²) in [6, 6.07) is 7.25. The second-order valence-corrected chi connectivity index (χ2v) is 7.18. The molecule has 1 N–H and O–H groups in total. The van der Waals surface area contributed by atoms with E-state index in [2.05, 4.69) is 4.98 Å². The van der Waals surface area contributed by atoms with Gasteiger partial charge in [0.05, 0.1) is 16.8 Å². The van der Waals surface area contributed by atoms with E-state index in [1.165, 1.54) is 11.3 Å². The highest BCUT2D eigenvalue weighted by Gasteiger charge is 2.26. The Morgan fingerprint density at radius 2 is 2.19 bits per heavy atom. The number of thiazole rings is 1. The van der Waals surface area contributed by atoms with Crippen LogP contribution in [0.25, 0.3) is 0 Å². The average molecular weight is 374 g/mol. The van der Waals surface area contributed by atoms with Gasteiger partial charge in [-0.05, 0) is 37.3 Å². The maximum Gasteiger partial charge on any atom is 0.303 e. The van der Waals surface area contributed by atoms with Crippen LogP contribution in [0.5, 0.6) is 5.75 Å². The molecule has 138 valence electrons. The molecule has 1 aliphatic rings. The van der Waals surface area contributed by atoms with Gasteiger partial charge >= 0.3 is 5.97 Å². The molecule has 1 atom stereocenters. The first kappa shape index (κ1) is 18.4. The maximum absolute atomic E-state index is 13.0. The molecule has 6 nitrogen and oxygen atoms in total. The number of carbonyl (C=O) groups is 2. The third-order valence-corrected chi connectivity index (χ3v) is 5.18. The van der Waals surface area contributed by atoms with Gasteiger partial charge in [0.1, 0.15) is 12.4 Å². The van der Waals surface area contributed by atoms with E-state index < -0.39 is 5.97 Å². The lowest BCUT2D eigenvalue weighted by atomic mass is 9.93. The number of nitrogens with zero attached hydrogens (tertiary/aromatic N) is 2. The van der Waals surface area contributed by atoms with Gasteiger partial charge in [0.2, 0.25) is 0 Å². The molecule has 26 heavy (non-hydrogen) atoms. The molecule has 1 amide bonds. The maximum atomic E-state index is 13.0. The predicted octanol–water partition coefficient (Wildman–Crippen LogP) is 3.44. The summed E-state index contributed by atoms with van der Waals surface area (Å²) in [5.74, 6) is -0.0433. The van der Waals surface area contributed by atoms with Crippen LogP contribution >= 0.6 is 11.3 Å². The molecule has 0 aliphatic carbocycles. The summed E-state index contributed by atoms with van der Waals surface area (Å²) in [5.41, 5.74) is 3.13. The van der Waals surface area contributed by atoms with E-state index in [9.17, 15) is 9.59 Å². The number of hydrogen-bond donors (Lipinski definition) is 1. The van der Waals surface area contributed by atoms with Crippen LogP contribution in [-0.2, 0) is 11.4 Å². The van der Waals surface area contributed by atoms with E-state index in [1.54, 1.807) is 17.6 Å². The number of piperidine rings is 1. The van der Waals surface area contributed by atoms with Gasteiger partial charge in [0.15, 0.2) is 0 Å². The number of rotatable bonds is 7. The molecule has 0 radical (unpaired) electrons. The van der Waals surface area contributed by atoms with Crippen molar-refractivity contribution in [3.05, 3.63) is 46.4 Å². The van der Waals surface area contributed by atoms with E-state index in [0.29, 0.717) is 37.4 Å². The number of likely N-dealkylation sites (tertiary alicyclic amines) is 1. The summed E-state index contributed by atoms with van der Waals surface area (Å²) >= 11 is 1.51. The minimum atomic E-state index is -0.783. The highest BCUT2D eigenvalue weighted by molar-refractivity contribution is 7.07.